The molecule has 8 heavy (non-hydrogen) atoms. The Balaban J connectivity index is 2.72. The molecule has 0 amide bonds. The minimum absolute atomic E-state index is 0.945. The Morgan fingerprint density at radius 3 is 2.50 bits per heavy atom. The minimum atomic E-state index is 0.945. The molecule has 3 heteroatoms. The first-order chi connectivity index (χ1) is 3.77. The highest BCUT2D eigenvalue weighted by atomic mass is 32.7. The van der Waals surface area contributed by atoms with Crippen LogP contribution >= 0.6 is 19.3 Å². The lowest BCUT2D eigenvalue weighted by Gasteiger charge is -2.06. The molecule has 0 spiro atoms. The van der Waals surface area contributed by atoms with Crippen LogP contribution in [-0.4, -0.2) is 24.5 Å². The summed E-state index contributed by atoms with van der Waals surface area (Å²) in [4.78, 5) is 0. The van der Waals surface area contributed by atoms with Crippen LogP contribution < -0.4 is 0 Å². The fourth-order valence-corrected chi connectivity index (χ4v) is 2.49. The summed E-state index contributed by atoms with van der Waals surface area (Å²) in [7, 11) is 5.17. The summed E-state index contributed by atoms with van der Waals surface area (Å²) in [6.07, 6.45) is 1.30. The van der Waals surface area contributed by atoms with Crippen molar-refractivity contribution >= 4 is 19.3 Å². The van der Waals surface area contributed by atoms with Crippen LogP contribution in [0.25, 0.3) is 0 Å². The van der Waals surface area contributed by atoms with Gasteiger partial charge in [-0.15, -0.1) is 11.4 Å². The molecule has 0 heterocycles. The van der Waals surface area contributed by atoms with E-state index in [1.54, 1.807) is 0 Å². The number of nitrogens with zero attached hydrogens (tertiary/aromatic N) is 1. The summed E-state index contributed by atoms with van der Waals surface area (Å²) in [6.45, 7) is 2.22. The molecule has 0 aliphatic heterocycles. The van der Waals surface area contributed by atoms with Crippen LogP contribution in [0.15, 0.2) is 0 Å². The first-order valence-corrected chi connectivity index (χ1v) is 5.48. The first-order valence-electron chi connectivity index (χ1n) is 2.82. The topological polar surface area (TPSA) is 3.24 Å². The largest absolute Gasteiger partial charge is 0.282 e. The van der Waals surface area contributed by atoms with Crippen molar-refractivity contribution in [3.63, 3.8) is 0 Å². The van der Waals surface area contributed by atoms with Gasteiger partial charge < -0.3 is 0 Å². The standard InChI is InChI=1S/C5H14NPS/c1-4-5-8-7-6(2)3/h7H,4-5H2,1-3H3. The Morgan fingerprint density at radius 1 is 1.50 bits per heavy atom. The predicted molar refractivity (Wildman–Crippen MR) is 44.8 cm³/mol. The maximum atomic E-state index is 2.22. The van der Waals surface area contributed by atoms with Crippen molar-refractivity contribution in [2.75, 3.05) is 19.8 Å². The molecule has 1 atom stereocenters. The van der Waals surface area contributed by atoms with E-state index in [4.69, 9.17) is 0 Å². The van der Waals surface area contributed by atoms with Crippen molar-refractivity contribution in [1.29, 1.82) is 0 Å². The summed E-state index contributed by atoms with van der Waals surface area (Å²) in [5.41, 5.74) is 0. The smallest absolute Gasteiger partial charge is 0.00949 e. The molecule has 0 saturated heterocycles. The van der Waals surface area contributed by atoms with Gasteiger partial charge in [-0.25, -0.2) is 0 Å². The van der Waals surface area contributed by atoms with Crippen LogP contribution in [0.4, 0.5) is 0 Å². The van der Waals surface area contributed by atoms with E-state index in [1.807, 2.05) is 11.4 Å². The van der Waals surface area contributed by atoms with Crippen LogP contribution in [0.3, 0.4) is 0 Å². The molecular weight excluding hydrogens is 137 g/mol. The summed E-state index contributed by atoms with van der Waals surface area (Å²) in [5, 5.41) is 0. The molecule has 0 N–H and O–H groups in total. The highest BCUT2D eigenvalue weighted by molar-refractivity contribution is 8.48. The summed E-state index contributed by atoms with van der Waals surface area (Å²) in [5.74, 6) is 1.30. The third-order valence-corrected chi connectivity index (χ3v) is 3.76. The molecular formula is C5H14NPS. The maximum Gasteiger partial charge on any atom is 0.00949 e. The van der Waals surface area contributed by atoms with Crippen LogP contribution in [0, 0.1) is 0 Å². The van der Waals surface area contributed by atoms with Crippen LogP contribution in [-0.2, 0) is 0 Å². The lowest BCUT2D eigenvalue weighted by molar-refractivity contribution is 0.700. The maximum absolute atomic E-state index is 2.22. The van der Waals surface area contributed by atoms with Crippen molar-refractivity contribution in [2.45, 2.75) is 13.3 Å². The third kappa shape index (κ3) is 6.74. The van der Waals surface area contributed by atoms with E-state index in [-0.39, 0.29) is 0 Å². The lowest BCUT2D eigenvalue weighted by atomic mass is 10.6. The van der Waals surface area contributed by atoms with E-state index < -0.39 is 0 Å². The number of rotatable bonds is 4. The summed E-state index contributed by atoms with van der Waals surface area (Å²) >= 11 is 2.02. The molecule has 0 aromatic heterocycles. The third-order valence-electron chi connectivity index (χ3n) is 0.553. The van der Waals surface area contributed by atoms with E-state index in [1.165, 1.54) is 12.2 Å². The first kappa shape index (κ1) is 8.74. The zero-order chi connectivity index (χ0) is 6.41. The zero-order valence-electron chi connectivity index (χ0n) is 5.77. The Kier molecular flexibility index (Phi) is 6.41. The molecule has 0 fully saturated rings. The Hall–Kier alpha value is 0.740. The summed E-state index contributed by atoms with van der Waals surface area (Å²) in [6, 6.07) is 0. The van der Waals surface area contributed by atoms with Crippen LogP contribution in [0.1, 0.15) is 13.3 Å². The van der Waals surface area contributed by atoms with E-state index in [2.05, 4.69) is 25.7 Å². The van der Waals surface area contributed by atoms with Gasteiger partial charge in [0.15, 0.2) is 0 Å². The fourth-order valence-electron chi connectivity index (χ4n) is 0.277. The second-order valence-corrected chi connectivity index (χ2v) is 5.02. The normalized spacial score (nSPS) is 12.0. The van der Waals surface area contributed by atoms with Gasteiger partial charge in [-0.1, -0.05) is 6.92 Å². The lowest BCUT2D eigenvalue weighted by Crippen LogP contribution is -1.93. The number of hydrogen-bond acceptors (Lipinski definition) is 2. The minimum Gasteiger partial charge on any atom is -0.282 e. The van der Waals surface area contributed by atoms with Gasteiger partial charge in [0.25, 0.3) is 0 Å². The summed E-state index contributed by atoms with van der Waals surface area (Å²) < 4.78 is 2.22. The Morgan fingerprint density at radius 2 is 2.12 bits per heavy atom. The molecule has 0 rings (SSSR count). The Bertz CT molecular complexity index is 49.7. The van der Waals surface area contributed by atoms with Gasteiger partial charge in [0, 0.05) is 7.93 Å². The predicted octanol–water partition coefficient (Wildman–Crippen LogP) is 2.20. The second kappa shape index (κ2) is 5.87. The van der Waals surface area contributed by atoms with Crippen LogP contribution in [0.2, 0.25) is 0 Å². The Labute approximate surface area is 57.8 Å². The highest BCUT2D eigenvalue weighted by Crippen LogP contribution is 2.30. The highest BCUT2D eigenvalue weighted by Gasteiger charge is 1.86. The average Bonchev–Trinajstić information content (AvgIpc) is 1.66. The molecule has 0 saturated carbocycles. The number of hydrogen-bond donors (Lipinski definition) is 0. The molecule has 0 aliphatic rings. The van der Waals surface area contributed by atoms with E-state index in [0.717, 1.165) is 7.93 Å². The van der Waals surface area contributed by atoms with Gasteiger partial charge in [0.1, 0.15) is 0 Å². The van der Waals surface area contributed by atoms with Gasteiger partial charge >= 0.3 is 0 Å². The molecule has 0 radical (unpaired) electrons. The quantitative estimate of drug-likeness (QED) is 0.447. The van der Waals surface area contributed by atoms with Gasteiger partial charge in [0.2, 0.25) is 0 Å². The van der Waals surface area contributed by atoms with Crippen molar-refractivity contribution in [3.8, 4) is 0 Å². The molecule has 50 valence electrons. The average molecular weight is 151 g/mol. The van der Waals surface area contributed by atoms with E-state index in [9.17, 15) is 0 Å². The molecule has 0 aromatic carbocycles. The SMILES string of the molecule is CCCSPN(C)C. The zero-order valence-corrected chi connectivity index (χ0v) is 7.59. The molecule has 0 aromatic rings. The van der Waals surface area contributed by atoms with Crippen molar-refractivity contribution in [1.82, 2.24) is 4.67 Å². The molecule has 1 nitrogen and oxygen atoms in total. The van der Waals surface area contributed by atoms with Gasteiger partial charge in [-0.3, -0.25) is 4.67 Å². The van der Waals surface area contributed by atoms with Crippen molar-refractivity contribution in [2.24, 2.45) is 0 Å². The molecule has 0 aliphatic carbocycles. The van der Waals surface area contributed by atoms with Crippen molar-refractivity contribution in [3.05, 3.63) is 0 Å². The van der Waals surface area contributed by atoms with E-state index in [0.29, 0.717) is 0 Å². The van der Waals surface area contributed by atoms with E-state index >= 15 is 0 Å². The monoisotopic (exact) mass is 151 g/mol. The van der Waals surface area contributed by atoms with Gasteiger partial charge in [0.05, 0.1) is 0 Å². The van der Waals surface area contributed by atoms with Gasteiger partial charge in [-0.2, -0.15) is 0 Å². The second-order valence-electron chi connectivity index (χ2n) is 1.83. The molecule has 1 unspecified atom stereocenters. The van der Waals surface area contributed by atoms with Crippen LogP contribution in [0.5, 0.6) is 0 Å². The fraction of sp³-hybridized carbons (Fsp3) is 1.00. The van der Waals surface area contributed by atoms with Crippen molar-refractivity contribution < 1.29 is 0 Å². The molecule has 0 bridgehead atoms. The van der Waals surface area contributed by atoms with Gasteiger partial charge in [-0.05, 0) is 26.3 Å².